The van der Waals surface area contributed by atoms with Gasteiger partial charge in [0.1, 0.15) is 0 Å². The molecule has 1 aliphatic rings. The number of nitrogens with one attached hydrogen (secondary N) is 1. The third-order valence-corrected chi connectivity index (χ3v) is 5.12. The predicted octanol–water partition coefficient (Wildman–Crippen LogP) is 5.40. The number of rotatable bonds is 7. The molecule has 0 aliphatic heterocycles. The highest BCUT2D eigenvalue weighted by atomic mass is 14.8. The fourth-order valence-corrected chi connectivity index (χ4v) is 3.49. The van der Waals surface area contributed by atoms with Crippen LogP contribution in [0.1, 0.15) is 82.8 Å². The monoisotopic (exact) mass is 287 g/mol. The van der Waals surface area contributed by atoms with Crippen LogP contribution in [0.25, 0.3) is 0 Å². The molecule has 0 amide bonds. The molecule has 0 unspecified atom stereocenters. The van der Waals surface area contributed by atoms with Crippen LogP contribution in [-0.2, 0) is 5.41 Å². The van der Waals surface area contributed by atoms with Crippen molar-refractivity contribution in [3.05, 3.63) is 35.4 Å². The summed E-state index contributed by atoms with van der Waals surface area (Å²) < 4.78 is 0. The first kappa shape index (κ1) is 16.5. The summed E-state index contributed by atoms with van der Waals surface area (Å²) >= 11 is 0. The topological polar surface area (TPSA) is 12.0 Å². The van der Waals surface area contributed by atoms with E-state index in [9.17, 15) is 0 Å². The van der Waals surface area contributed by atoms with E-state index in [1.165, 1.54) is 50.5 Å². The Hall–Kier alpha value is -0.820. The molecule has 1 nitrogen and oxygen atoms in total. The van der Waals surface area contributed by atoms with Crippen molar-refractivity contribution in [3.63, 3.8) is 0 Å². The summed E-state index contributed by atoms with van der Waals surface area (Å²) in [7, 11) is 0. The second kappa shape index (κ2) is 7.98. The van der Waals surface area contributed by atoms with E-state index in [4.69, 9.17) is 0 Å². The van der Waals surface area contributed by atoms with Gasteiger partial charge in [-0.15, -0.1) is 0 Å². The predicted molar refractivity (Wildman–Crippen MR) is 93.1 cm³/mol. The lowest BCUT2D eigenvalue weighted by atomic mass is 9.79. The molecule has 1 heteroatoms. The Morgan fingerprint density at radius 1 is 1.00 bits per heavy atom. The van der Waals surface area contributed by atoms with Crippen LogP contribution < -0.4 is 5.32 Å². The third kappa shape index (κ3) is 4.85. The number of hydrogen-bond acceptors (Lipinski definition) is 1. The fraction of sp³-hybridized carbons (Fsp3) is 0.700. The Kier molecular flexibility index (Phi) is 6.29. The van der Waals surface area contributed by atoms with E-state index in [1.807, 2.05) is 0 Å². The summed E-state index contributed by atoms with van der Waals surface area (Å²) in [4.78, 5) is 0. The average Bonchev–Trinajstić information content (AvgIpc) is 2.53. The molecule has 1 aromatic rings. The minimum absolute atomic E-state index is 0.270. The first-order valence-corrected chi connectivity index (χ1v) is 8.94. The van der Waals surface area contributed by atoms with Crippen LogP contribution in [0.3, 0.4) is 0 Å². The second-order valence-electron chi connectivity index (χ2n) is 7.34. The van der Waals surface area contributed by atoms with Crippen molar-refractivity contribution in [1.29, 1.82) is 0 Å². The van der Waals surface area contributed by atoms with Gasteiger partial charge in [0.15, 0.2) is 0 Å². The van der Waals surface area contributed by atoms with Gasteiger partial charge in [0.25, 0.3) is 0 Å². The van der Waals surface area contributed by atoms with Crippen LogP contribution in [-0.4, -0.2) is 13.1 Å². The minimum Gasteiger partial charge on any atom is -0.317 e. The molecule has 0 saturated heterocycles. The van der Waals surface area contributed by atoms with Gasteiger partial charge >= 0.3 is 0 Å². The van der Waals surface area contributed by atoms with Crippen LogP contribution in [0.2, 0.25) is 0 Å². The van der Waals surface area contributed by atoms with Gasteiger partial charge in [-0.05, 0) is 61.2 Å². The van der Waals surface area contributed by atoms with Crippen LogP contribution >= 0.6 is 0 Å². The molecule has 1 N–H and O–H groups in total. The van der Waals surface area contributed by atoms with E-state index in [2.05, 4.69) is 50.4 Å². The molecule has 1 fully saturated rings. The second-order valence-corrected chi connectivity index (χ2v) is 7.34. The molecule has 2 rings (SSSR count). The van der Waals surface area contributed by atoms with Crippen molar-refractivity contribution < 1.29 is 0 Å². The van der Waals surface area contributed by atoms with Crippen molar-refractivity contribution in [3.8, 4) is 0 Å². The molecule has 21 heavy (non-hydrogen) atoms. The van der Waals surface area contributed by atoms with Crippen LogP contribution in [0.5, 0.6) is 0 Å². The summed E-state index contributed by atoms with van der Waals surface area (Å²) in [5.74, 6) is 0.821. The number of benzene rings is 1. The molecule has 1 saturated carbocycles. The molecule has 0 heterocycles. The Bertz CT molecular complexity index is 398. The van der Waals surface area contributed by atoms with Gasteiger partial charge in [0.2, 0.25) is 0 Å². The first-order valence-electron chi connectivity index (χ1n) is 8.94. The van der Waals surface area contributed by atoms with Crippen molar-refractivity contribution in [2.75, 3.05) is 13.1 Å². The lowest BCUT2D eigenvalue weighted by Crippen LogP contribution is -2.26. The summed E-state index contributed by atoms with van der Waals surface area (Å²) in [6.45, 7) is 9.22. The third-order valence-electron chi connectivity index (χ3n) is 5.12. The van der Waals surface area contributed by atoms with Crippen molar-refractivity contribution >= 4 is 0 Å². The maximum absolute atomic E-state index is 3.52. The Morgan fingerprint density at radius 3 is 2.29 bits per heavy atom. The highest BCUT2D eigenvalue weighted by Crippen LogP contribution is 2.34. The summed E-state index contributed by atoms with van der Waals surface area (Å²) in [5, 5.41) is 3.52. The maximum atomic E-state index is 3.52. The van der Waals surface area contributed by atoms with Crippen molar-refractivity contribution in [1.82, 2.24) is 5.32 Å². The Labute approximate surface area is 131 Å². The minimum atomic E-state index is 0.270. The molecule has 0 atom stereocenters. The lowest BCUT2D eigenvalue weighted by Gasteiger charge is -2.27. The van der Waals surface area contributed by atoms with Gasteiger partial charge in [-0.25, -0.2) is 0 Å². The number of hydrogen-bond donors (Lipinski definition) is 1. The molecule has 0 aromatic heterocycles. The van der Waals surface area contributed by atoms with Gasteiger partial charge in [-0.1, -0.05) is 64.3 Å². The van der Waals surface area contributed by atoms with Crippen LogP contribution in [0, 0.1) is 0 Å². The average molecular weight is 287 g/mol. The fourth-order valence-electron chi connectivity index (χ4n) is 3.49. The molecule has 0 bridgehead atoms. The maximum Gasteiger partial charge on any atom is -0.00406 e. The van der Waals surface area contributed by atoms with Gasteiger partial charge in [0, 0.05) is 0 Å². The van der Waals surface area contributed by atoms with E-state index in [1.54, 1.807) is 5.56 Å². The zero-order valence-electron chi connectivity index (χ0n) is 14.3. The molecule has 118 valence electrons. The molecular weight excluding hydrogens is 254 g/mol. The van der Waals surface area contributed by atoms with Crippen molar-refractivity contribution in [2.45, 2.75) is 77.0 Å². The smallest absolute Gasteiger partial charge is 0.00406 e. The standard InChI is InChI=1S/C20H33N/c1-4-15-21-16-14-20(2,3)19-12-10-18(11-13-19)17-8-6-5-7-9-17/h10-13,17,21H,4-9,14-16H2,1-3H3. The molecule has 1 aliphatic carbocycles. The summed E-state index contributed by atoms with van der Waals surface area (Å²) in [5.41, 5.74) is 3.32. The summed E-state index contributed by atoms with van der Waals surface area (Å²) in [6, 6.07) is 9.55. The van der Waals surface area contributed by atoms with Crippen molar-refractivity contribution in [2.24, 2.45) is 0 Å². The van der Waals surface area contributed by atoms with Gasteiger partial charge in [0.05, 0.1) is 0 Å². The zero-order valence-corrected chi connectivity index (χ0v) is 14.3. The largest absolute Gasteiger partial charge is 0.317 e. The lowest BCUT2D eigenvalue weighted by molar-refractivity contribution is 0.441. The van der Waals surface area contributed by atoms with E-state index in [0.717, 1.165) is 19.0 Å². The molecular formula is C20H33N. The van der Waals surface area contributed by atoms with Gasteiger partial charge < -0.3 is 5.32 Å². The highest BCUT2D eigenvalue weighted by Gasteiger charge is 2.21. The first-order chi connectivity index (χ1) is 10.1. The Balaban J connectivity index is 1.93. The normalized spacial score (nSPS) is 17.1. The Morgan fingerprint density at radius 2 is 1.67 bits per heavy atom. The SMILES string of the molecule is CCCNCCC(C)(C)c1ccc(C2CCCCC2)cc1. The van der Waals surface area contributed by atoms with Gasteiger partial charge in [-0.2, -0.15) is 0 Å². The molecule has 0 radical (unpaired) electrons. The highest BCUT2D eigenvalue weighted by molar-refractivity contribution is 5.30. The van der Waals surface area contributed by atoms with Crippen LogP contribution in [0.4, 0.5) is 0 Å². The van der Waals surface area contributed by atoms with E-state index in [0.29, 0.717) is 0 Å². The molecule has 1 aromatic carbocycles. The summed E-state index contributed by atoms with van der Waals surface area (Å²) in [6.07, 6.45) is 9.48. The van der Waals surface area contributed by atoms with E-state index < -0.39 is 0 Å². The van der Waals surface area contributed by atoms with E-state index >= 15 is 0 Å². The van der Waals surface area contributed by atoms with Crippen LogP contribution in [0.15, 0.2) is 24.3 Å². The zero-order chi connectivity index (χ0) is 15.1. The van der Waals surface area contributed by atoms with Gasteiger partial charge in [-0.3, -0.25) is 0 Å². The van der Waals surface area contributed by atoms with E-state index in [-0.39, 0.29) is 5.41 Å². The quantitative estimate of drug-likeness (QED) is 0.662. The molecule has 0 spiro atoms.